The Balaban J connectivity index is 1.49. The molecular weight excluding hydrogens is 342 g/mol. The molecule has 0 aliphatic rings. The van der Waals surface area contributed by atoms with Gasteiger partial charge in [-0.3, -0.25) is 9.48 Å². The van der Waals surface area contributed by atoms with E-state index in [4.69, 9.17) is 0 Å². The maximum Gasteiger partial charge on any atom is 0.251 e. The summed E-state index contributed by atoms with van der Waals surface area (Å²) in [5.74, 6) is -0.135. The van der Waals surface area contributed by atoms with Gasteiger partial charge in [-0.25, -0.2) is 0 Å². The number of carbonyl (C=O) groups excluding carboxylic acids is 1. The van der Waals surface area contributed by atoms with Crippen molar-refractivity contribution < 1.29 is 4.79 Å². The van der Waals surface area contributed by atoms with Crippen LogP contribution in [0.15, 0.2) is 41.8 Å². The molecule has 1 aromatic carbocycles. The monoisotopic (exact) mass is 355 g/mol. The average molecular weight is 355 g/mol. The molecule has 0 spiro atoms. The summed E-state index contributed by atoms with van der Waals surface area (Å²) < 4.78 is 10.1. The lowest BCUT2D eigenvalue weighted by molar-refractivity contribution is 0.0950. The van der Waals surface area contributed by atoms with Gasteiger partial charge in [0, 0.05) is 12.6 Å². The van der Waals surface area contributed by atoms with Crippen LogP contribution in [0, 0.1) is 0 Å². The fourth-order valence-corrected chi connectivity index (χ4v) is 3.61. The van der Waals surface area contributed by atoms with Crippen molar-refractivity contribution in [3.05, 3.63) is 53.0 Å². The van der Waals surface area contributed by atoms with Gasteiger partial charge in [0.25, 0.3) is 5.91 Å². The SMILES string of the molecule is Cn1nc(-c2cccs2)cc1CNC(=O)c1ccc2nsnc2c1. The zero-order valence-electron chi connectivity index (χ0n) is 12.8. The number of hydrogen-bond donors (Lipinski definition) is 1. The third-order valence-electron chi connectivity index (χ3n) is 3.70. The summed E-state index contributed by atoms with van der Waals surface area (Å²) in [6.45, 7) is 0.418. The molecule has 0 aliphatic carbocycles. The van der Waals surface area contributed by atoms with Gasteiger partial charge in [-0.1, -0.05) is 6.07 Å². The molecular formula is C16H13N5OS2. The van der Waals surface area contributed by atoms with Crippen molar-refractivity contribution in [3.63, 3.8) is 0 Å². The Bertz CT molecular complexity index is 1000. The summed E-state index contributed by atoms with van der Waals surface area (Å²) in [6.07, 6.45) is 0. The standard InChI is InChI=1S/C16H13N5OS2/c1-21-11(8-14(18-21)15-3-2-6-23-15)9-17-16(22)10-4-5-12-13(7-10)20-24-19-12/h2-8H,9H2,1H3,(H,17,22). The summed E-state index contributed by atoms with van der Waals surface area (Å²) in [6, 6.07) is 11.4. The van der Waals surface area contributed by atoms with Crippen LogP contribution in [0.5, 0.6) is 0 Å². The number of hydrogen-bond acceptors (Lipinski definition) is 6. The molecule has 0 atom stereocenters. The van der Waals surface area contributed by atoms with Crippen LogP contribution in [0.25, 0.3) is 21.6 Å². The largest absolute Gasteiger partial charge is 0.346 e. The number of carbonyl (C=O) groups is 1. The topological polar surface area (TPSA) is 72.7 Å². The van der Waals surface area contributed by atoms with E-state index >= 15 is 0 Å². The fourth-order valence-electron chi connectivity index (χ4n) is 2.41. The van der Waals surface area contributed by atoms with Crippen molar-refractivity contribution in [2.24, 2.45) is 7.05 Å². The van der Waals surface area contributed by atoms with Crippen LogP contribution in [0.4, 0.5) is 0 Å². The van der Waals surface area contributed by atoms with Crippen molar-refractivity contribution in [1.82, 2.24) is 23.8 Å². The number of benzene rings is 1. The summed E-state index contributed by atoms with van der Waals surface area (Å²) >= 11 is 2.79. The van der Waals surface area contributed by atoms with Gasteiger partial charge in [0.05, 0.1) is 28.8 Å². The number of fused-ring (bicyclic) bond motifs is 1. The second-order valence-corrected chi connectivity index (χ2v) is 6.75. The minimum Gasteiger partial charge on any atom is -0.346 e. The van der Waals surface area contributed by atoms with Crippen LogP contribution in [-0.2, 0) is 13.6 Å². The Kier molecular flexibility index (Phi) is 3.83. The summed E-state index contributed by atoms with van der Waals surface area (Å²) in [5, 5.41) is 9.45. The normalized spacial score (nSPS) is 11.0. The Morgan fingerprint density at radius 2 is 2.08 bits per heavy atom. The van der Waals surface area contributed by atoms with Crippen LogP contribution in [0.1, 0.15) is 16.1 Å². The summed E-state index contributed by atoms with van der Waals surface area (Å²) in [4.78, 5) is 13.5. The molecule has 3 aromatic heterocycles. The molecule has 0 saturated carbocycles. The molecule has 0 fully saturated rings. The van der Waals surface area contributed by atoms with Crippen LogP contribution < -0.4 is 5.32 Å². The first-order chi connectivity index (χ1) is 11.7. The van der Waals surface area contributed by atoms with Crippen LogP contribution in [0.2, 0.25) is 0 Å². The molecule has 0 saturated heterocycles. The van der Waals surface area contributed by atoms with Crippen molar-refractivity contribution in [2.45, 2.75) is 6.54 Å². The first kappa shape index (κ1) is 15.0. The van der Waals surface area contributed by atoms with E-state index in [1.165, 1.54) is 0 Å². The lowest BCUT2D eigenvalue weighted by Crippen LogP contribution is -2.24. The number of aromatic nitrogens is 4. The molecule has 6 nitrogen and oxygen atoms in total. The van der Waals surface area contributed by atoms with Crippen LogP contribution >= 0.6 is 23.1 Å². The highest BCUT2D eigenvalue weighted by Crippen LogP contribution is 2.23. The first-order valence-electron chi connectivity index (χ1n) is 7.28. The zero-order valence-corrected chi connectivity index (χ0v) is 14.4. The highest BCUT2D eigenvalue weighted by atomic mass is 32.1. The molecule has 8 heteroatoms. The fraction of sp³-hybridized carbons (Fsp3) is 0.125. The van der Waals surface area contributed by atoms with Crippen molar-refractivity contribution in [2.75, 3.05) is 0 Å². The van der Waals surface area contributed by atoms with Crippen molar-refractivity contribution in [1.29, 1.82) is 0 Å². The number of nitrogens with zero attached hydrogens (tertiary/aromatic N) is 4. The minimum atomic E-state index is -0.135. The smallest absolute Gasteiger partial charge is 0.251 e. The number of nitrogens with one attached hydrogen (secondary N) is 1. The van der Waals surface area contributed by atoms with Crippen molar-refractivity contribution >= 4 is 40.0 Å². The van der Waals surface area contributed by atoms with Crippen LogP contribution in [-0.4, -0.2) is 24.4 Å². The maximum absolute atomic E-state index is 12.3. The van der Waals surface area contributed by atoms with E-state index in [-0.39, 0.29) is 5.91 Å². The highest BCUT2D eigenvalue weighted by Gasteiger charge is 2.11. The summed E-state index contributed by atoms with van der Waals surface area (Å²) in [7, 11) is 1.88. The van der Waals surface area contributed by atoms with Gasteiger partial charge >= 0.3 is 0 Å². The molecule has 1 N–H and O–H groups in total. The van der Waals surface area contributed by atoms with Gasteiger partial charge in [-0.05, 0) is 35.7 Å². The Hall–Kier alpha value is -2.58. The summed E-state index contributed by atoms with van der Waals surface area (Å²) in [5.41, 5.74) is 4.00. The first-order valence-corrected chi connectivity index (χ1v) is 8.89. The van der Waals surface area contributed by atoms with E-state index in [1.54, 1.807) is 28.2 Å². The van der Waals surface area contributed by atoms with Gasteiger partial charge < -0.3 is 5.32 Å². The lowest BCUT2D eigenvalue weighted by Gasteiger charge is -2.05. The second kappa shape index (κ2) is 6.14. The third-order valence-corrected chi connectivity index (χ3v) is 5.15. The van der Waals surface area contributed by atoms with Gasteiger partial charge in [0.1, 0.15) is 16.7 Å². The van der Waals surface area contributed by atoms with Crippen molar-refractivity contribution in [3.8, 4) is 10.6 Å². The van der Waals surface area contributed by atoms with Crippen LogP contribution in [0.3, 0.4) is 0 Å². The Morgan fingerprint density at radius 3 is 2.92 bits per heavy atom. The molecule has 0 aliphatic heterocycles. The Morgan fingerprint density at radius 1 is 1.21 bits per heavy atom. The van der Waals surface area contributed by atoms with Gasteiger partial charge in [-0.2, -0.15) is 13.8 Å². The predicted molar refractivity (Wildman–Crippen MR) is 95.1 cm³/mol. The highest BCUT2D eigenvalue weighted by molar-refractivity contribution is 7.13. The zero-order chi connectivity index (χ0) is 16.5. The van der Waals surface area contributed by atoms with E-state index in [0.29, 0.717) is 12.1 Å². The molecule has 3 heterocycles. The van der Waals surface area contributed by atoms with E-state index < -0.39 is 0 Å². The number of amides is 1. The molecule has 0 radical (unpaired) electrons. The quantitative estimate of drug-likeness (QED) is 0.610. The van der Waals surface area contributed by atoms with Gasteiger partial charge in [0.15, 0.2) is 0 Å². The molecule has 24 heavy (non-hydrogen) atoms. The van der Waals surface area contributed by atoms with E-state index in [2.05, 4.69) is 19.2 Å². The average Bonchev–Trinajstić information content (AvgIpc) is 3.32. The lowest BCUT2D eigenvalue weighted by atomic mass is 10.2. The molecule has 1 amide bonds. The van der Waals surface area contributed by atoms with E-state index in [1.807, 2.05) is 36.7 Å². The molecule has 4 rings (SSSR count). The number of thiophene rings is 1. The van der Waals surface area contributed by atoms with Gasteiger partial charge in [0.2, 0.25) is 0 Å². The number of aryl methyl sites for hydroxylation is 1. The number of rotatable bonds is 4. The molecule has 0 unspecified atom stereocenters. The molecule has 120 valence electrons. The predicted octanol–water partition coefficient (Wildman–Crippen LogP) is 3.08. The third kappa shape index (κ3) is 2.81. The minimum absolute atomic E-state index is 0.135. The maximum atomic E-state index is 12.3. The van der Waals surface area contributed by atoms with Gasteiger partial charge in [-0.15, -0.1) is 11.3 Å². The molecule has 0 bridgehead atoms. The Labute approximate surface area is 146 Å². The second-order valence-electron chi connectivity index (χ2n) is 5.27. The van der Waals surface area contributed by atoms with E-state index in [0.717, 1.165) is 39.0 Å². The molecule has 4 aromatic rings. The van der Waals surface area contributed by atoms with E-state index in [9.17, 15) is 4.79 Å².